The lowest BCUT2D eigenvalue weighted by Gasteiger charge is -2.01. The molecule has 0 bridgehead atoms. The topological polar surface area (TPSA) is 74.7 Å². The molecule has 1 N–H and O–H groups in total. The Kier molecular flexibility index (Phi) is 3.41. The minimum Gasteiger partial charge on any atom is -0.394 e. The molecule has 0 atom stereocenters. The molecule has 1 aromatic rings. The van der Waals surface area contributed by atoms with Crippen molar-refractivity contribution in [3.05, 3.63) is 11.4 Å². The summed E-state index contributed by atoms with van der Waals surface area (Å²) in [7, 11) is 0. The van der Waals surface area contributed by atoms with Gasteiger partial charge >= 0.3 is 0 Å². The van der Waals surface area contributed by atoms with Gasteiger partial charge in [-0.1, -0.05) is 12.1 Å². The van der Waals surface area contributed by atoms with Gasteiger partial charge in [0.15, 0.2) is 0 Å². The summed E-state index contributed by atoms with van der Waals surface area (Å²) in [6.07, 6.45) is 1.07. The molecule has 0 fully saturated rings. The van der Waals surface area contributed by atoms with Crippen LogP contribution in [-0.4, -0.2) is 26.7 Å². The number of aliphatic hydroxyl groups is 1. The van der Waals surface area contributed by atoms with E-state index in [-0.39, 0.29) is 13.0 Å². The van der Waals surface area contributed by atoms with E-state index in [2.05, 4.69) is 10.3 Å². The van der Waals surface area contributed by atoms with Crippen molar-refractivity contribution in [2.75, 3.05) is 6.61 Å². The molecule has 1 aromatic heterocycles. The first-order valence-corrected chi connectivity index (χ1v) is 4.22. The molecule has 5 heteroatoms. The first-order chi connectivity index (χ1) is 6.33. The van der Waals surface area contributed by atoms with Crippen molar-refractivity contribution in [1.29, 1.82) is 5.26 Å². The van der Waals surface area contributed by atoms with Crippen molar-refractivity contribution < 1.29 is 5.11 Å². The zero-order valence-electron chi connectivity index (χ0n) is 7.56. The number of aromatic nitrogens is 3. The molecular formula is C8H12N4O. The SMILES string of the molecule is CCc1c(CC#N)nnn1CCO. The molecule has 1 heterocycles. The van der Waals surface area contributed by atoms with Crippen LogP contribution in [0.2, 0.25) is 0 Å². The summed E-state index contributed by atoms with van der Waals surface area (Å²) in [6.45, 7) is 2.47. The average molecular weight is 180 g/mol. The predicted molar refractivity (Wildman–Crippen MR) is 45.8 cm³/mol. The summed E-state index contributed by atoms with van der Waals surface area (Å²) in [5.41, 5.74) is 1.66. The number of rotatable bonds is 4. The van der Waals surface area contributed by atoms with Crippen LogP contribution in [0, 0.1) is 11.3 Å². The van der Waals surface area contributed by atoms with Crippen molar-refractivity contribution in [3.63, 3.8) is 0 Å². The third kappa shape index (κ3) is 2.04. The lowest BCUT2D eigenvalue weighted by atomic mass is 10.2. The molecule has 0 saturated heterocycles. The highest BCUT2D eigenvalue weighted by Gasteiger charge is 2.09. The predicted octanol–water partition coefficient (Wildman–Crippen LogP) is -0.101. The number of hydrogen-bond donors (Lipinski definition) is 1. The Morgan fingerprint density at radius 2 is 2.38 bits per heavy atom. The van der Waals surface area contributed by atoms with E-state index >= 15 is 0 Å². The van der Waals surface area contributed by atoms with E-state index < -0.39 is 0 Å². The van der Waals surface area contributed by atoms with E-state index in [1.54, 1.807) is 4.68 Å². The maximum atomic E-state index is 8.73. The van der Waals surface area contributed by atoms with Gasteiger partial charge in [0, 0.05) is 0 Å². The Labute approximate surface area is 76.6 Å². The van der Waals surface area contributed by atoms with Crippen molar-refractivity contribution >= 4 is 0 Å². The third-order valence-corrected chi connectivity index (χ3v) is 1.81. The summed E-state index contributed by atoms with van der Waals surface area (Å²) in [5.74, 6) is 0. The molecule has 0 aliphatic heterocycles. The molecule has 0 unspecified atom stereocenters. The molecule has 13 heavy (non-hydrogen) atoms. The Hall–Kier alpha value is -1.41. The summed E-state index contributed by atoms with van der Waals surface area (Å²) in [4.78, 5) is 0. The monoisotopic (exact) mass is 180 g/mol. The van der Waals surface area contributed by atoms with Crippen molar-refractivity contribution in [1.82, 2.24) is 15.0 Å². The van der Waals surface area contributed by atoms with Gasteiger partial charge in [0.25, 0.3) is 0 Å². The van der Waals surface area contributed by atoms with Gasteiger partial charge in [-0.2, -0.15) is 5.26 Å². The molecule has 0 spiro atoms. The van der Waals surface area contributed by atoms with Crippen LogP contribution in [0.15, 0.2) is 0 Å². The van der Waals surface area contributed by atoms with Crippen LogP contribution in [-0.2, 0) is 19.4 Å². The van der Waals surface area contributed by atoms with Gasteiger partial charge in [0.2, 0.25) is 0 Å². The second-order valence-electron chi connectivity index (χ2n) is 2.62. The lowest BCUT2D eigenvalue weighted by molar-refractivity contribution is 0.266. The van der Waals surface area contributed by atoms with Crippen molar-refractivity contribution in [2.24, 2.45) is 0 Å². The molecule has 0 aromatic carbocycles. The zero-order valence-corrected chi connectivity index (χ0v) is 7.56. The molecule has 0 aliphatic carbocycles. The Balaban J connectivity index is 2.90. The molecule has 1 rings (SSSR count). The van der Waals surface area contributed by atoms with E-state index in [9.17, 15) is 0 Å². The number of nitrogens with zero attached hydrogens (tertiary/aromatic N) is 4. The number of aliphatic hydroxyl groups excluding tert-OH is 1. The first kappa shape index (κ1) is 9.68. The second kappa shape index (κ2) is 4.58. The van der Waals surface area contributed by atoms with Gasteiger partial charge in [-0.3, -0.25) is 0 Å². The number of hydrogen-bond acceptors (Lipinski definition) is 4. The van der Waals surface area contributed by atoms with Gasteiger partial charge in [-0.15, -0.1) is 5.10 Å². The van der Waals surface area contributed by atoms with Gasteiger partial charge in [0.1, 0.15) is 0 Å². The standard InChI is InChI=1S/C8H12N4O/c1-2-8-7(3-4-9)10-11-12(8)5-6-13/h13H,2-3,5-6H2,1H3. The van der Waals surface area contributed by atoms with Gasteiger partial charge in [0.05, 0.1) is 37.0 Å². The first-order valence-electron chi connectivity index (χ1n) is 4.22. The largest absolute Gasteiger partial charge is 0.394 e. The van der Waals surface area contributed by atoms with Crippen LogP contribution < -0.4 is 0 Å². The fourth-order valence-electron chi connectivity index (χ4n) is 1.24. The lowest BCUT2D eigenvalue weighted by Crippen LogP contribution is -2.08. The fraction of sp³-hybridized carbons (Fsp3) is 0.625. The van der Waals surface area contributed by atoms with Crippen LogP contribution in [0.1, 0.15) is 18.3 Å². The fourth-order valence-corrected chi connectivity index (χ4v) is 1.24. The molecule has 5 nitrogen and oxygen atoms in total. The van der Waals surface area contributed by atoms with E-state index in [1.807, 2.05) is 13.0 Å². The number of nitriles is 1. The highest BCUT2D eigenvalue weighted by atomic mass is 16.3. The highest BCUT2D eigenvalue weighted by Crippen LogP contribution is 2.06. The minimum atomic E-state index is 0.0440. The second-order valence-corrected chi connectivity index (χ2v) is 2.62. The molecule has 70 valence electrons. The summed E-state index contributed by atoms with van der Waals surface area (Å²) in [6, 6.07) is 2.04. The third-order valence-electron chi connectivity index (χ3n) is 1.81. The van der Waals surface area contributed by atoms with Gasteiger partial charge in [-0.05, 0) is 6.42 Å². The maximum Gasteiger partial charge on any atom is 0.0999 e. The quantitative estimate of drug-likeness (QED) is 0.702. The highest BCUT2D eigenvalue weighted by molar-refractivity contribution is 5.13. The van der Waals surface area contributed by atoms with Crippen LogP contribution in [0.3, 0.4) is 0 Å². The van der Waals surface area contributed by atoms with Gasteiger partial charge in [-0.25, -0.2) is 4.68 Å². The smallest absolute Gasteiger partial charge is 0.0999 e. The summed E-state index contributed by atoms with van der Waals surface area (Å²) in [5, 5.41) is 25.0. The van der Waals surface area contributed by atoms with Crippen molar-refractivity contribution in [2.45, 2.75) is 26.3 Å². The molecule has 0 aliphatic rings. The van der Waals surface area contributed by atoms with Crippen LogP contribution in [0.4, 0.5) is 0 Å². The van der Waals surface area contributed by atoms with Gasteiger partial charge < -0.3 is 5.11 Å². The van der Waals surface area contributed by atoms with E-state index in [0.717, 1.165) is 17.8 Å². The Bertz CT molecular complexity index is 312. The molecule has 0 amide bonds. The maximum absolute atomic E-state index is 8.73. The van der Waals surface area contributed by atoms with Crippen LogP contribution in [0.25, 0.3) is 0 Å². The van der Waals surface area contributed by atoms with Crippen LogP contribution in [0.5, 0.6) is 0 Å². The summed E-state index contributed by atoms with van der Waals surface area (Å²) >= 11 is 0. The molecular weight excluding hydrogens is 168 g/mol. The Morgan fingerprint density at radius 1 is 1.62 bits per heavy atom. The molecule has 0 radical (unpaired) electrons. The van der Waals surface area contributed by atoms with E-state index in [1.165, 1.54) is 0 Å². The van der Waals surface area contributed by atoms with Crippen molar-refractivity contribution in [3.8, 4) is 6.07 Å². The molecule has 0 saturated carbocycles. The summed E-state index contributed by atoms with van der Waals surface area (Å²) < 4.78 is 1.65. The zero-order chi connectivity index (χ0) is 9.68. The normalized spacial score (nSPS) is 9.92. The Morgan fingerprint density at radius 3 is 2.92 bits per heavy atom. The van der Waals surface area contributed by atoms with E-state index in [0.29, 0.717) is 6.54 Å². The minimum absolute atomic E-state index is 0.0440. The van der Waals surface area contributed by atoms with E-state index in [4.69, 9.17) is 10.4 Å². The average Bonchev–Trinajstić information content (AvgIpc) is 2.49. The van der Waals surface area contributed by atoms with Crippen LogP contribution >= 0.6 is 0 Å².